The number of carbonyl (C=O) groups is 1. The van der Waals surface area contributed by atoms with Crippen molar-refractivity contribution >= 4 is 16.9 Å². The van der Waals surface area contributed by atoms with Crippen LogP contribution in [0.15, 0.2) is 53.3 Å². The van der Waals surface area contributed by atoms with E-state index in [1.165, 1.54) is 12.8 Å². The summed E-state index contributed by atoms with van der Waals surface area (Å²) in [5.41, 5.74) is 2.76. The van der Waals surface area contributed by atoms with Crippen LogP contribution in [0.4, 0.5) is 0 Å². The van der Waals surface area contributed by atoms with Gasteiger partial charge in [0.05, 0.1) is 18.1 Å². The van der Waals surface area contributed by atoms with Crippen LogP contribution in [0.2, 0.25) is 0 Å². The number of nitrogens with zero attached hydrogens (tertiary/aromatic N) is 3. The highest BCUT2D eigenvalue weighted by atomic mass is 16.5. The molecule has 0 N–H and O–H groups in total. The molecule has 4 rings (SSSR count). The first-order valence-corrected chi connectivity index (χ1v) is 10.6. The van der Waals surface area contributed by atoms with E-state index in [2.05, 4.69) is 6.92 Å². The minimum Gasteiger partial charge on any atom is -0.497 e. The van der Waals surface area contributed by atoms with Gasteiger partial charge in [0.2, 0.25) is 5.91 Å². The lowest BCUT2D eigenvalue weighted by Gasteiger charge is -2.30. The Balaban J connectivity index is 1.52. The van der Waals surface area contributed by atoms with Crippen LogP contribution in [0.25, 0.3) is 11.0 Å². The molecular weight excluding hydrogens is 378 g/mol. The Hall–Kier alpha value is -3.02. The van der Waals surface area contributed by atoms with Crippen molar-refractivity contribution in [2.45, 2.75) is 45.3 Å². The first kappa shape index (κ1) is 20.3. The summed E-state index contributed by atoms with van der Waals surface area (Å²) in [5, 5.41) is 0. The summed E-state index contributed by atoms with van der Waals surface area (Å²) in [5.74, 6) is 1.47. The number of ether oxygens (including phenoxy) is 1. The zero-order valence-electron chi connectivity index (χ0n) is 17.9. The number of benzene rings is 2. The quantitative estimate of drug-likeness (QED) is 0.574. The van der Waals surface area contributed by atoms with Gasteiger partial charge >= 0.3 is 5.69 Å². The molecule has 1 unspecified atom stereocenters. The van der Waals surface area contributed by atoms with E-state index in [4.69, 9.17) is 4.74 Å². The molecule has 1 amide bonds. The van der Waals surface area contributed by atoms with Gasteiger partial charge in [-0.25, -0.2) is 4.79 Å². The van der Waals surface area contributed by atoms with Crippen molar-refractivity contribution in [1.29, 1.82) is 0 Å². The van der Waals surface area contributed by atoms with E-state index in [9.17, 15) is 9.59 Å². The lowest BCUT2D eigenvalue weighted by atomic mass is 10.1. The maximum absolute atomic E-state index is 13.3. The zero-order valence-corrected chi connectivity index (χ0v) is 17.9. The van der Waals surface area contributed by atoms with E-state index in [1.807, 2.05) is 53.4 Å². The molecule has 3 aromatic rings. The number of amides is 1. The zero-order chi connectivity index (χ0) is 21.3. The van der Waals surface area contributed by atoms with Gasteiger partial charge in [0.15, 0.2) is 0 Å². The van der Waals surface area contributed by atoms with Crippen LogP contribution in [-0.2, 0) is 24.9 Å². The maximum atomic E-state index is 13.3. The van der Waals surface area contributed by atoms with Crippen LogP contribution in [0.1, 0.15) is 31.7 Å². The third kappa shape index (κ3) is 3.99. The third-order valence-electron chi connectivity index (χ3n) is 6.23. The molecule has 1 aromatic heterocycles. The Morgan fingerprint density at radius 2 is 1.80 bits per heavy atom. The summed E-state index contributed by atoms with van der Waals surface area (Å²) in [6.45, 7) is 3.10. The van der Waals surface area contributed by atoms with Crippen LogP contribution in [-0.4, -0.2) is 33.1 Å². The normalized spacial score (nSPS) is 14.6. The average molecular weight is 408 g/mol. The van der Waals surface area contributed by atoms with E-state index >= 15 is 0 Å². The molecule has 6 nitrogen and oxygen atoms in total. The van der Waals surface area contributed by atoms with Crippen molar-refractivity contribution in [2.24, 2.45) is 13.0 Å². The second-order valence-electron chi connectivity index (χ2n) is 8.18. The van der Waals surface area contributed by atoms with Gasteiger partial charge in [-0.05, 0) is 55.5 Å². The number of fused-ring (bicyclic) bond motifs is 1. The largest absolute Gasteiger partial charge is 0.497 e. The van der Waals surface area contributed by atoms with E-state index in [0.29, 0.717) is 25.4 Å². The summed E-state index contributed by atoms with van der Waals surface area (Å²) in [6, 6.07) is 15.8. The molecule has 1 aliphatic carbocycles. The third-order valence-corrected chi connectivity index (χ3v) is 6.23. The van der Waals surface area contributed by atoms with Crippen LogP contribution in [0.5, 0.6) is 5.75 Å². The average Bonchev–Trinajstić information content (AvgIpc) is 3.59. The molecule has 30 heavy (non-hydrogen) atoms. The summed E-state index contributed by atoms with van der Waals surface area (Å²) >= 11 is 0. The van der Waals surface area contributed by atoms with Gasteiger partial charge in [-0.3, -0.25) is 13.9 Å². The lowest BCUT2D eigenvalue weighted by Crippen LogP contribution is -2.40. The summed E-state index contributed by atoms with van der Waals surface area (Å²) in [6.07, 6.45) is 2.66. The molecule has 2 aromatic carbocycles. The highest BCUT2D eigenvalue weighted by Crippen LogP contribution is 2.36. The molecule has 1 fully saturated rings. The lowest BCUT2D eigenvalue weighted by molar-refractivity contribution is -0.134. The molecule has 0 bridgehead atoms. The molecule has 1 atom stereocenters. The van der Waals surface area contributed by atoms with Crippen LogP contribution in [0.3, 0.4) is 0 Å². The molecule has 0 saturated heterocycles. The highest BCUT2D eigenvalue weighted by Gasteiger charge is 2.34. The van der Waals surface area contributed by atoms with Crippen molar-refractivity contribution in [3.63, 3.8) is 0 Å². The molecule has 0 radical (unpaired) electrons. The predicted molar refractivity (Wildman–Crippen MR) is 118 cm³/mol. The van der Waals surface area contributed by atoms with Gasteiger partial charge in [0, 0.05) is 32.6 Å². The van der Waals surface area contributed by atoms with E-state index in [1.54, 1.807) is 23.3 Å². The molecule has 0 aliphatic heterocycles. The van der Waals surface area contributed by atoms with Crippen LogP contribution >= 0.6 is 0 Å². The van der Waals surface area contributed by atoms with Gasteiger partial charge in [-0.15, -0.1) is 0 Å². The number of rotatable bonds is 8. The Labute approximate surface area is 176 Å². The Morgan fingerprint density at radius 3 is 2.43 bits per heavy atom. The molecule has 1 saturated carbocycles. The first-order valence-electron chi connectivity index (χ1n) is 10.6. The van der Waals surface area contributed by atoms with Gasteiger partial charge in [0.25, 0.3) is 0 Å². The molecule has 0 spiro atoms. The minimum atomic E-state index is -0.0825. The maximum Gasteiger partial charge on any atom is 0.328 e. The summed E-state index contributed by atoms with van der Waals surface area (Å²) < 4.78 is 8.59. The molecular formula is C24H29N3O3. The Kier molecular flexibility index (Phi) is 5.66. The molecule has 158 valence electrons. The van der Waals surface area contributed by atoms with Gasteiger partial charge in [-0.2, -0.15) is 0 Å². The van der Waals surface area contributed by atoms with Crippen molar-refractivity contribution in [1.82, 2.24) is 14.0 Å². The smallest absolute Gasteiger partial charge is 0.328 e. The second kappa shape index (κ2) is 8.38. The fourth-order valence-electron chi connectivity index (χ4n) is 4.15. The minimum absolute atomic E-state index is 0.0825. The van der Waals surface area contributed by atoms with Gasteiger partial charge < -0.3 is 9.64 Å². The number of hydrogen-bond donors (Lipinski definition) is 0. The topological polar surface area (TPSA) is 56.5 Å². The molecule has 6 heteroatoms. The number of methoxy groups -OCH3 is 1. The van der Waals surface area contributed by atoms with Crippen molar-refractivity contribution in [3.05, 3.63) is 64.6 Å². The fraction of sp³-hybridized carbons (Fsp3) is 0.417. The number of imidazole rings is 1. The van der Waals surface area contributed by atoms with Gasteiger partial charge in [0.1, 0.15) is 5.75 Å². The molecule has 1 heterocycles. The fourth-order valence-corrected chi connectivity index (χ4v) is 4.15. The Bertz CT molecular complexity index is 1090. The number of para-hydroxylation sites is 2. The standard InChI is InChI=1S/C24H29N3O3/c1-17(19-10-11-19)27(16-18-8-12-20(30-3)13-9-18)23(28)14-15-26-22-7-5-4-6-21(22)25(2)24(26)29/h4-9,12-13,17,19H,10-11,14-16H2,1-3H3. The van der Waals surface area contributed by atoms with E-state index in [0.717, 1.165) is 22.3 Å². The predicted octanol–water partition coefficient (Wildman–Crippen LogP) is 3.57. The number of hydrogen-bond acceptors (Lipinski definition) is 3. The van der Waals surface area contributed by atoms with Gasteiger partial charge in [-0.1, -0.05) is 24.3 Å². The second-order valence-corrected chi connectivity index (χ2v) is 8.18. The number of aryl methyl sites for hydroxylation is 2. The summed E-state index contributed by atoms with van der Waals surface area (Å²) in [7, 11) is 3.42. The Morgan fingerprint density at radius 1 is 1.13 bits per heavy atom. The van der Waals surface area contributed by atoms with Crippen molar-refractivity contribution in [2.75, 3.05) is 7.11 Å². The van der Waals surface area contributed by atoms with Crippen LogP contribution in [0, 0.1) is 5.92 Å². The van der Waals surface area contributed by atoms with Crippen LogP contribution < -0.4 is 10.4 Å². The number of aromatic nitrogens is 2. The molecule has 1 aliphatic rings. The van der Waals surface area contributed by atoms with Crippen molar-refractivity contribution < 1.29 is 9.53 Å². The number of carbonyl (C=O) groups excluding carboxylic acids is 1. The first-order chi connectivity index (χ1) is 14.5. The van der Waals surface area contributed by atoms with E-state index in [-0.39, 0.29) is 17.6 Å². The summed E-state index contributed by atoms with van der Waals surface area (Å²) in [4.78, 5) is 27.9. The van der Waals surface area contributed by atoms with Crippen molar-refractivity contribution in [3.8, 4) is 5.75 Å². The monoisotopic (exact) mass is 407 g/mol. The highest BCUT2D eigenvalue weighted by molar-refractivity contribution is 5.78. The van der Waals surface area contributed by atoms with E-state index < -0.39 is 0 Å². The SMILES string of the molecule is COc1ccc(CN(C(=O)CCn2c(=O)n(C)c3ccccc32)C(C)C2CC2)cc1.